The molecule has 1 N–H and O–H groups in total. The third-order valence-corrected chi connectivity index (χ3v) is 3.37. The zero-order valence-electron chi connectivity index (χ0n) is 10.7. The molecule has 0 saturated carbocycles. The second kappa shape index (κ2) is 5.35. The van der Waals surface area contributed by atoms with Crippen LogP contribution in [0.15, 0.2) is 24.3 Å². The van der Waals surface area contributed by atoms with Crippen LogP contribution in [0, 0.1) is 5.92 Å². The number of methoxy groups -OCH3 is 1. The first-order chi connectivity index (χ1) is 7.49. The van der Waals surface area contributed by atoms with Gasteiger partial charge in [-0.15, -0.1) is 0 Å². The largest absolute Gasteiger partial charge is 0.497 e. The van der Waals surface area contributed by atoms with Crippen molar-refractivity contribution in [2.75, 3.05) is 7.11 Å². The van der Waals surface area contributed by atoms with Crippen LogP contribution in [-0.2, 0) is 6.42 Å². The van der Waals surface area contributed by atoms with Crippen LogP contribution in [0.25, 0.3) is 0 Å². The monoisotopic (exact) mass is 222 g/mol. The summed E-state index contributed by atoms with van der Waals surface area (Å²) in [5.74, 6) is 1.14. The number of hydrogen-bond donors (Lipinski definition) is 1. The molecular formula is C14H22O2. The van der Waals surface area contributed by atoms with Crippen LogP contribution in [0.5, 0.6) is 5.75 Å². The molecule has 2 nitrogen and oxygen atoms in total. The molecule has 1 aromatic rings. The first kappa shape index (κ1) is 13.0. The van der Waals surface area contributed by atoms with E-state index in [1.165, 1.54) is 0 Å². The number of aliphatic hydroxyl groups is 1. The van der Waals surface area contributed by atoms with Crippen molar-refractivity contribution in [3.05, 3.63) is 29.8 Å². The van der Waals surface area contributed by atoms with E-state index in [-0.39, 0.29) is 0 Å². The lowest BCUT2D eigenvalue weighted by Crippen LogP contribution is -2.34. The molecule has 2 heteroatoms. The minimum Gasteiger partial charge on any atom is -0.497 e. The highest BCUT2D eigenvalue weighted by molar-refractivity contribution is 5.29. The van der Waals surface area contributed by atoms with Gasteiger partial charge in [0.2, 0.25) is 0 Å². The molecule has 0 fully saturated rings. The Balaban J connectivity index is 2.79. The second-order valence-electron chi connectivity index (χ2n) is 4.69. The SMILES string of the molecule is CCC(C)C(C)(O)Cc1cccc(OC)c1. The van der Waals surface area contributed by atoms with E-state index >= 15 is 0 Å². The predicted molar refractivity (Wildman–Crippen MR) is 66.8 cm³/mol. The fourth-order valence-electron chi connectivity index (χ4n) is 1.81. The van der Waals surface area contributed by atoms with Gasteiger partial charge in [0, 0.05) is 6.42 Å². The molecule has 0 aromatic heterocycles. The van der Waals surface area contributed by atoms with Crippen LogP contribution in [0.1, 0.15) is 32.8 Å². The summed E-state index contributed by atoms with van der Waals surface area (Å²) in [6, 6.07) is 7.89. The van der Waals surface area contributed by atoms with Gasteiger partial charge in [-0.25, -0.2) is 0 Å². The number of rotatable bonds is 5. The van der Waals surface area contributed by atoms with Crippen molar-refractivity contribution in [2.24, 2.45) is 5.92 Å². The smallest absolute Gasteiger partial charge is 0.119 e. The van der Waals surface area contributed by atoms with Crippen molar-refractivity contribution >= 4 is 0 Å². The molecule has 0 aliphatic carbocycles. The molecule has 0 aliphatic rings. The molecule has 1 aromatic carbocycles. The van der Waals surface area contributed by atoms with Crippen LogP contribution in [0.2, 0.25) is 0 Å². The zero-order chi connectivity index (χ0) is 12.2. The van der Waals surface area contributed by atoms with Crippen molar-refractivity contribution in [2.45, 2.75) is 39.2 Å². The Morgan fingerprint density at radius 1 is 1.44 bits per heavy atom. The maximum atomic E-state index is 10.4. The van der Waals surface area contributed by atoms with Crippen LogP contribution in [-0.4, -0.2) is 17.8 Å². The maximum Gasteiger partial charge on any atom is 0.119 e. The van der Waals surface area contributed by atoms with Gasteiger partial charge in [-0.1, -0.05) is 32.4 Å². The van der Waals surface area contributed by atoms with Gasteiger partial charge in [-0.3, -0.25) is 0 Å². The minimum atomic E-state index is -0.652. The summed E-state index contributed by atoms with van der Waals surface area (Å²) in [6.45, 7) is 6.09. The zero-order valence-corrected chi connectivity index (χ0v) is 10.7. The fraction of sp³-hybridized carbons (Fsp3) is 0.571. The molecule has 2 unspecified atom stereocenters. The third kappa shape index (κ3) is 3.24. The number of benzene rings is 1. The second-order valence-corrected chi connectivity index (χ2v) is 4.69. The normalized spacial score (nSPS) is 16.6. The quantitative estimate of drug-likeness (QED) is 0.829. The standard InChI is InChI=1S/C14H22O2/c1-5-11(2)14(3,15)10-12-7-6-8-13(9-12)16-4/h6-9,11,15H,5,10H2,1-4H3. The first-order valence-electron chi connectivity index (χ1n) is 5.85. The molecule has 90 valence electrons. The highest BCUT2D eigenvalue weighted by atomic mass is 16.5. The Kier molecular flexibility index (Phi) is 4.36. The summed E-state index contributed by atoms with van der Waals surface area (Å²) in [7, 11) is 1.66. The van der Waals surface area contributed by atoms with Crippen LogP contribution in [0.3, 0.4) is 0 Å². The highest BCUT2D eigenvalue weighted by Gasteiger charge is 2.27. The molecule has 0 heterocycles. The minimum absolute atomic E-state index is 0.290. The first-order valence-corrected chi connectivity index (χ1v) is 5.85. The lowest BCUT2D eigenvalue weighted by atomic mass is 9.83. The molecule has 0 amide bonds. The number of ether oxygens (including phenoxy) is 1. The van der Waals surface area contributed by atoms with E-state index in [4.69, 9.17) is 4.74 Å². The van der Waals surface area contributed by atoms with E-state index in [1.54, 1.807) is 7.11 Å². The molecule has 0 spiro atoms. The van der Waals surface area contributed by atoms with Crippen molar-refractivity contribution in [1.82, 2.24) is 0 Å². The summed E-state index contributed by atoms with van der Waals surface area (Å²) in [5.41, 5.74) is 0.464. The van der Waals surface area contributed by atoms with Crippen LogP contribution >= 0.6 is 0 Å². The maximum absolute atomic E-state index is 10.4. The third-order valence-electron chi connectivity index (χ3n) is 3.37. The van der Waals surface area contributed by atoms with Gasteiger partial charge < -0.3 is 9.84 Å². The summed E-state index contributed by atoms with van der Waals surface area (Å²) in [4.78, 5) is 0. The lowest BCUT2D eigenvalue weighted by Gasteiger charge is -2.29. The van der Waals surface area contributed by atoms with Gasteiger partial charge in [0.15, 0.2) is 0 Å². The molecule has 0 radical (unpaired) electrons. The van der Waals surface area contributed by atoms with E-state index in [0.29, 0.717) is 12.3 Å². The summed E-state index contributed by atoms with van der Waals surface area (Å²) in [5, 5.41) is 10.4. The summed E-state index contributed by atoms with van der Waals surface area (Å²) < 4.78 is 5.17. The average molecular weight is 222 g/mol. The van der Waals surface area contributed by atoms with Crippen molar-refractivity contribution in [3.8, 4) is 5.75 Å². The van der Waals surface area contributed by atoms with E-state index in [1.807, 2.05) is 31.2 Å². The van der Waals surface area contributed by atoms with Gasteiger partial charge in [0.25, 0.3) is 0 Å². The Bertz CT molecular complexity index is 331. The highest BCUT2D eigenvalue weighted by Crippen LogP contribution is 2.25. The Hall–Kier alpha value is -1.02. The van der Waals surface area contributed by atoms with Gasteiger partial charge in [-0.05, 0) is 30.5 Å². The van der Waals surface area contributed by atoms with Gasteiger partial charge in [0.1, 0.15) is 5.75 Å². The van der Waals surface area contributed by atoms with E-state index in [2.05, 4.69) is 13.8 Å². The van der Waals surface area contributed by atoms with Crippen molar-refractivity contribution in [1.29, 1.82) is 0 Å². The van der Waals surface area contributed by atoms with Crippen molar-refractivity contribution < 1.29 is 9.84 Å². The van der Waals surface area contributed by atoms with Gasteiger partial charge in [-0.2, -0.15) is 0 Å². The van der Waals surface area contributed by atoms with E-state index in [9.17, 15) is 5.11 Å². The van der Waals surface area contributed by atoms with Crippen LogP contribution in [0.4, 0.5) is 0 Å². The summed E-state index contributed by atoms with van der Waals surface area (Å²) in [6.07, 6.45) is 1.65. The van der Waals surface area contributed by atoms with E-state index in [0.717, 1.165) is 17.7 Å². The average Bonchev–Trinajstić information content (AvgIpc) is 2.27. The van der Waals surface area contributed by atoms with Gasteiger partial charge >= 0.3 is 0 Å². The molecular weight excluding hydrogens is 200 g/mol. The van der Waals surface area contributed by atoms with Gasteiger partial charge in [0.05, 0.1) is 12.7 Å². The summed E-state index contributed by atoms with van der Waals surface area (Å²) >= 11 is 0. The molecule has 0 bridgehead atoms. The Labute approximate surface area is 98.3 Å². The molecule has 0 aliphatic heterocycles. The molecule has 0 saturated heterocycles. The fourth-order valence-corrected chi connectivity index (χ4v) is 1.81. The predicted octanol–water partition coefficient (Wildman–Crippen LogP) is 3.03. The molecule has 2 atom stereocenters. The lowest BCUT2D eigenvalue weighted by molar-refractivity contribution is 0.00514. The van der Waals surface area contributed by atoms with E-state index < -0.39 is 5.60 Å². The van der Waals surface area contributed by atoms with Crippen molar-refractivity contribution in [3.63, 3.8) is 0 Å². The van der Waals surface area contributed by atoms with Crippen LogP contribution < -0.4 is 4.74 Å². The number of hydrogen-bond acceptors (Lipinski definition) is 2. The Morgan fingerprint density at radius 3 is 2.69 bits per heavy atom. The molecule has 16 heavy (non-hydrogen) atoms. The Morgan fingerprint density at radius 2 is 2.12 bits per heavy atom. The topological polar surface area (TPSA) is 29.5 Å². The molecule has 1 rings (SSSR count).